The SMILES string of the molecule is CC(O)S.O=Cc1ccccc1C=O. The van der Waals surface area contributed by atoms with Gasteiger partial charge in [-0.25, -0.2) is 0 Å². The summed E-state index contributed by atoms with van der Waals surface area (Å²) < 4.78 is 0. The quantitative estimate of drug-likeness (QED) is 0.444. The van der Waals surface area contributed by atoms with E-state index in [0.29, 0.717) is 23.7 Å². The molecule has 0 radical (unpaired) electrons. The van der Waals surface area contributed by atoms with Crippen LogP contribution >= 0.6 is 12.6 Å². The third-order valence-corrected chi connectivity index (χ3v) is 1.25. The zero-order chi connectivity index (χ0) is 11.0. The lowest BCUT2D eigenvalue weighted by atomic mass is 10.1. The Morgan fingerprint density at radius 3 is 1.71 bits per heavy atom. The van der Waals surface area contributed by atoms with Gasteiger partial charge in [-0.1, -0.05) is 24.3 Å². The highest BCUT2D eigenvalue weighted by atomic mass is 32.1. The Hall–Kier alpha value is -1.13. The number of thiol groups is 1. The standard InChI is InChI=1S/C8H6O2.C2H6OS/c9-5-7-3-1-2-4-8(7)6-10;1-2(3)4/h1-6H;2-4H,1H3. The van der Waals surface area contributed by atoms with Crippen LogP contribution in [0, 0.1) is 0 Å². The van der Waals surface area contributed by atoms with Crippen LogP contribution in [0.2, 0.25) is 0 Å². The van der Waals surface area contributed by atoms with Gasteiger partial charge in [0.1, 0.15) is 0 Å². The maximum Gasteiger partial charge on any atom is 0.150 e. The first-order valence-electron chi connectivity index (χ1n) is 3.97. The second kappa shape index (κ2) is 7.29. The molecule has 0 aliphatic heterocycles. The molecule has 0 saturated heterocycles. The van der Waals surface area contributed by atoms with Crippen LogP contribution in [0.3, 0.4) is 0 Å². The molecule has 76 valence electrons. The highest BCUT2D eigenvalue weighted by molar-refractivity contribution is 7.80. The van der Waals surface area contributed by atoms with Crippen LogP contribution in [0.5, 0.6) is 0 Å². The van der Waals surface area contributed by atoms with Crippen molar-refractivity contribution in [1.82, 2.24) is 0 Å². The monoisotopic (exact) mass is 212 g/mol. The Labute approximate surface area is 88.2 Å². The number of rotatable bonds is 2. The van der Waals surface area contributed by atoms with E-state index in [4.69, 9.17) is 5.11 Å². The van der Waals surface area contributed by atoms with Gasteiger partial charge in [0.15, 0.2) is 12.6 Å². The van der Waals surface area contributed by atoms with Crippen molar-refractivity contribution in [1.29, 1.82) is 0 Å². The number of carbonyl (C=O) groups excluding carboxylic acids is 2. The number of aldehydes is 2. The summed E-state index contributed by atoms with van der Waals surface area (Å²) in [6, 6.07) is 6.65. The van der Waals surface area contributed by atoms with Gasteiger partial charge in [0.05, 0.1) is 5.44 Å². The van der Waals surface area contributed by atoms with Crippen LogP contribution in [0.25, 0.3) is 0 Å². The molecule has 0 heterocycles. The molecule has 1 atom stereocenters. The van der Waals surface area contributed by atoms with Gasteiger partial charge in [-0.05, 0) is 6.92 Å². The van der Waals surface area contributed by atoms with Crippen LogP contribution in [0.4, 0.5) is 0 Å². The van der Waals surface area contributed by atoms with E-state index < -0.39 is 5.44 Å². The summed E-state index contributed by atoms with van der Waals surface area (Å²) in [6.45, 7) is 1.59. The zero-order valence-corrected chi connectivity index (χ0v) is 8.65. The minimum atomic E-state index is -0.472. The third-order valence-electron chi connectivity index (χ3n) is 1.25. The summed E-state index contributed by atoms with van der Waals surface area (Å²) in [4.78, 5) is 20.5. The average molecular weight is 212 g/mol. The molecule has 0 fully saturated rings. The normalized spacial score (nSPS) is 10.8. The smallest absolute Gasteiger partial charge is 0.150 e. The van der Waals surface area contributed by atoms with Crippen molar-refractivity contribution in [3.63, 3.8) is 0 Å². The first kappa shape index (κ1) is 12.9. The van der Waals surface area contributed by atoms with E-state index in [-0.39, 0.29) is 0 Å². The molecule has 1 aromatic rings. The maximum absolute atomic E-state index is 10.2. The number of aliphatic hydroxyl groups is 1. The minimum absolute atomic E-state index is 0.442. The average Bonchev–Trinajstić information content (AvgIpc) is 2.17. The van der Waals surface area contributed by atoms with Crippen LogP contribution < -0.4 is 0 Å². The Morgan fingerprint density at radius 1 is 1.21 bits per heavy atom. The molecule has 0 aromatic heterocycles. The van der Waals surface area contributed by atoms with E-state index in [1.807, 2.05) is 0 Å². The number of hydrogen-bond donors (Lipinski definition) is 2. The lowest BCUT2D eigenvalue weighted by Gasteiger charge is -1.91. The Balaban J connectivity index is 0.000000364. The van der Waals surface area contributed by atoms with Crippen molar-refractivity contribution < 1.29 is 14.7 Å². The number of benzene rings is 1. The summed E-state index contributed by atoms with van der Waals surface area (Å²) in [5.74, 6) is 0. The molecular formula is C10H12O3S. The van der Waals surface area contributed by atoms with Crippen molar-refractivity contribution in [2.45, 2.75) is 12.4 Å². The maximum atomic E-state index is 10.2. The van der Waals surface area contributed by atoms with E-state index >= 15 is 0 Å². The molecule has 4 heteroatoms. The molecule has 1 N–H and O–H groups in total. The second-order valence-corrected chi connectivity index (χ2v) is 3.24. The Morgan fingerprint density at radius 2 is 1.50 bits per heavy atom. The molecule has 0 saturated carbocycles. The zero-order valence-electron chi connectivity index (χ0n) is 7.75. The third kappa shape index (κ3) is 5.50. The highest BCUT2D eigenvalue weighted by Crippen LogP contribution is 2.01. The van der Waals surface area contributed by atoms with Gasteiger partial charge in [0.2, 0.25) is 0 Å². The van der Waals surface area contributed by atoms with E-state index in [2.05, 4.69) is 12.6 Å². The van der Waals surface area contributed by atoms with Crippen molar-refractivity contribution in [2.75, 3.05) is 0 Å². The summed E-state index contributed by atoms with van der Waals surface area (Å²) >= 11 is 3.52. The number of hydrogen-bond acceptors (Lipinski definition) is 4. The van der Waals surface area contributed by atoms with E-state index in [0.717, 1.165) is 0 Å². The number of carbonyl (C=O) groups is 2. The van der Waals surface area contributed by atoms with E-state index in [1.165, 1.54) is 0 Å². The van der Waals surface area contributed by atoms with Gasteiger partial charge < -0.3 is 5.11 Å². The molecular weight excluding hydrogens is 200 g/mol. The summed E-state index contributed by atoms with van der Waals surface area (Å²) in [5, 5.41) is 7.92. The molecule has 1 rings (SSSR count). The fourth-order valence-corrected chi connectivity index (χ4v) is 0.726. The van der Waals surface area contributed by atoms with Crippen molar-refractivity contribution in [3.05, 3.63) is 35.4 Å². The predicted octanol–water partition coefficient (Wildman–Crippen LogP) is 1.57. The second-order valence-electron chi connectivity index (χ2n) is 2.50. The summed E-state index contributed by atoms with van der Waals surface area (Å²) in [7, 11) is 0. The lowest BCUT2D eigenvalue weighted by Crippen LogP contribution is -1.87. The molecule has 0 amide bonds. The Bertz CT molecular complexity index is 267. The molecule has 0 bridgehead atoms. The van der Waals surface area contributed by atoms with Crippen LogP contribution in [-0.2, 0) is 0 Å². The van der Waals surface area contributed by atoms with Gasteiger partial charge in [-0.2, -0.15) is 0 Å². The molecule has 1 aromatic carbocycles. The van der Waals surface area contributed by atoms with E-state index in [9.17, 15) is 9.59 Å². The predicted molar refractivity (Wildman–Crippen MR) is 57.9 cm³/mol. The van der Waals surface area contributed by atoms with Gasteiger partial charge in [-0.3, -0.25) is 9.59 Å². The van der Waals surface area contributed by atoms with E-state index in [1.54, 1.807) is 31.2 Å². The first-order valence-corrected chi connectivity index (χ1v) is 4.49. The molecule has 0 spiro atoms. The van der Waals surface area contributed by atoms with Crippen LogP contribution in [-0.4, -0.2) is 23.1 Å². The number of aliphatic hydroxyl groups excluding tert-OH is 1. The largest absolute Gasteiger partial charge is 0.383 e. The van der Waals surface area contributed by atoms with Crippen molar-refractivity contribution >= 4 is 25.2 Å². The fraction of sp³-hybridized carbons (Fsp3) is 0.200. The van der Waals surface area contributed by atoms with Gasteiger partial charge >= 0.3 is 0 Å². The molecule has 0 aliphatic carbocycles. The topological polar surface area (TPSA) is 54.4 Å². The summed E-state index contributed by atoms with van der Waals surface area (Å²) in [6.07, 6.45) is 1.34. The minimum Gasteiger partial charge on any atom is -0.383 e. The summed E-state index contributed by atoms with van der Waals surface area (Å²) in [5.41, 5.74) is 0.412. The molecule has 14 heavy (non-hydrogen) atoms. The van der Waals surface area contributed by atoms with Gasteiger partial charge in [0, 0.05) is 11.1 Å². The molecule has 0 aliphatic rings. The molecule has 1 unspecified atom stereocenters. The van der Waals surface area contributed by atoms with Gasteiger partial charge in [0.25, 0.3) is 0 Å². The van der Waals surface area contributed by atoms with Crippen molar-refractivity contribution in [2.24, 2.45) is 0 Å². The lowest BCUT2D eigenvalue weighted by molar-refractivity contribution is 0.109. The van der Waals surface area contributed by atoms with Crippen molar-refractivity contribution in [3.8, 4) is 0 Å². The van der Waals surface area contributed by atoms with Gasteiger partial charge in [-0.15, -0.1) is 12.6 Å². The fourth-order valence-electron chi connectivity index (χ4n) is 0.726. The molecule has 3 nitrogen and oxygen atoms in total. The van der Waals surface area contributed by atoms with Crippen LogP contribution in [0.1, 0.15) is 27.6 Å². The van der Waals surface area contributed by atoms with Crippen LogP contribution in [0.15, 0.2) is 24.3 Å². The highest BCUT2D eigenvalue weighted by Gasteiger charge is 1.95. The Kier molecular flexibility index (Phi) is 6.70. The first-order chi connectivity index (χ1) is 6.61.